The van der Waals surface area contributed by atoms with E-state index in [-0.39, 0.29) is 8.96 Å². The van der Waals surface area contributed by atoms with Gasteiger partial charge in [-0.05, 0) is 43.0 Å². The Kier molecular flexibility index (Phi) is 4.76. The van der Waals surface area contributed by atoms with Crippen molar-refractivity contribution in [1.29, 1.82) is 0 Å². The Hall–Kier alpha value is -0.820. The summed E-state index contributed by atoms with van der Waals surface area (Å²) in [5, 5.41) is 11.1. The molecule has 1 aromatic rings. The first-order valence-electron chi connectivity index (χ1n) is 4.26. The van der Waals surface area contributed by atoms with Gasteiger partial charge >= 0.3 is 6.18 Å². The molecule has 0 saturated carbocycles. The van der Waals surface area contributed by atoms with Crippen LogP contribution in [-0.2, 0) is 0 Å². The summed E-state index contributed by atoms with van der Waals surface area (Å²) < 4.78 is 38.0. The molecule has 1 N–H and O–H groups in total. The van der Waals surface area contributed by atoms with Gasteiger partial charge in [-0.3, -0.25) is 0 Å². The SMILES string of the molecule is O/N=C/c1ccc(C(=C(Br)Br)C(F)(F)F)cc1. The molecule has 7 heteroatoms. The van der Waals surface area contributed by atoms with Crippen LogP contribution in [0.25, 0.3) is 5.57 Å². The van der Waals surface area contributed by atoms with Crippen molar-refractivity contribution in [2.24, 2.45) is 5.16 Å². The number of hydrogen-bond acceptors (Lipinski definition) is 2. The van der Waals surface area contributed by atoms with Crippen molar-refractivity contribution in [3.63, 3.8) is 0 Å². The third kappa shape index (κ3) is 3.85. The molecule has 0 fully saturated rings. The lowest BCUT2D eigenvalue weighted by Gasteiger charge is -2.12. The van der Waals surface area contributed by atoms with E-state index in [0.717, 1.165) is 6.21 Å². The average Bonchev–Trinajstić information content (AvgIpc) is 2.18. The second kappa shape index (κ2) is 5.68. The minimum Gasteiger partial charge on any atom is -0.411 e. The van der Waals surface area contributed by atoms with Gasteiger partial charge in [0.1, 0.15) is 0 Å². The Labute approximate surface area is 112 Å². The Morgan fingerprint density at radius 1 is 1.18 bits per heavy atom. The van der Waals surface area contributed by atoms with Crippen molar-refractivity contribution < 1.29 is 18.4 Å². The van der Waals surface area contributed by atoms with E-state index >= 15 is 0 Å². The van der Waals surface area contributed by atoms with Gasteiger partial charge in [0.25, 0.3) is 0 Å². The lowest BCUT2D eigenvalue weighted by Crippen LogP contribution is -2.11. The molecule has 0 atom stereocenters. The minimum absolute atomic E-state index is 0.0105. The molecule has 2 nitrogen and oxygen atoms in total. The Balaban J connectivity index is 3.19. The summed E-state index contributed by atoms with van der Waals surface area (Å²) >= 11 is 5.55. The van der Waals surface area contributed by atoms with Crippen molar-refractivity contribution in [3.8, 4) is 0 Å². The van der Waals surface area contributed by atoms with E-state index in [0.29, 0.717) is 5.56 Å². The summed E-state index contributed by atoms with van der Waals surface area (Å²) in [7, 11) is 0. The Bertz CT molecular complexity index is 448. The molecule has 0 aliphatic heterocycles. The molecule has 1 rings (SSSR count). The van der Waals surface area contributed by atoms with Gasteiger partial charge in [0.2, 0.25) is 0 Å². The molecule has 0 aliphatic carbocycles. The molecule has 92 valence electrons. The van der Waals surface area contributed by atoms with Crippen LogP contribution in [0, 0.1) is 0 Å². The van der Waals surface area contributed by atoms with Gasteiger partial charge in [-0.25, -0.2) is 0 Å². The molecule has 1 aromatic carbocycles. The summed E-state index contributed by atoms with van der Waals surface area (Å²) in [6.07, 6.45) is -3.33. The van der Waals surface area contributed by atoms with Crippen LogP contribution in [0.15, 0.2) is 32.8 Å². The van der Waals surface area contributed by atoms with Crippen LogP contribution in [-0.4, -0.2) is 17.6 Å². The van der Waals surface area contributed by atoms with Crippen LogP contribution in [0.4, 0.5) is 13.2 Å². The van der Waals surface area contributed by atoms with Gasteiger partial charge in [-0.15, -0.1) is 0 Å². The van der Waals surface area contributed by atoms with Crippen molar-refractivity contribution in [1.82, 2.24) is 0 Å². The highest BCUT2D eigenvalue weighted by Crippen LogP contribution is 2.40. The smallest absolute Gasteiger partial charge is 0.411 e. The van der Waals surface area contributed by atoms with Gasteiger partial charge in [-0.2, -0.15) is 13.2 Å². The van der Waals surface area contributed by atoms with Crippen molar-refractivity contribution in [2.45, 2.75) is 6.18 Å². The van der Waals surface area contributed by atoms with Gasteiger partial charge in [0, 0.05) is 0 Å². The fourth-order valence-corrected chi connectivity index (χ4v) is 2.09. The quantitative estimate of drug-likeness (QED) is 0.462. The molecule has 0 aliphatic rings. The van der Waals surface area contributed by atoms with Gasteiger partial charge < -0.3 is 5.21 Å². The van der Waals surface area contributed by atoms with E-state index in [1.165, 1.54) is 24.3 Å². The van der Waals surface area contributed by atoms with Crippen molar-refractivity contribution >= 4 is 43.6 Å². The zero-order chi connectivity index (χ0) is 13.1. The topological polar surface area (TPSA) is 32.6 Å². The van der Waals surface area contributed by atoms with Crippen molar-refractivity contribution in [2.75, 3.05) is 0 Å². The van der Waals surface area contributed by atoms with E-state index in [4.69, 9.17) is 5.21 Å². The van der Waals surface area contributed by atoms with Crippen LogP contribution >= 0.6 is 31.9 Å². The third-order valence-electron chi connectivity index (χ3n) is 1.88. The number of benzene rings is 1. The van der Waals surface area contributed by atoms with Gasteiger partial charge in [0.05, 0.1) is 15.2 Å². The molecule has 0 unspecified atom stereocenters. The highest BCUT2D eigenvalue weighted by atomic mass is 79.9. The maximum absolute atomic E-state index is 12.7. The fraction of sp³-hybridized carbons (Fsp3) is 0.100. The second-order valence-electron chi connectivity index (χ2n) is 3.00. The zero-order valence-corrected chi connectivity index (χ0v) is 11.3. The number of oxime groups is 1. The molecule has 0 saturated heterocycles. The average molecular weight is 373 g/mol. The van der Waals surface area contributed by atoms with Crippen LogP contribution in [0.1, 0.15) is 11.1 Å². The maximum atomic E-state index is 12.7. The summed E-state index contributed by atoms with van der Waals surface area (Å²) in [5.74, 6) is 0. The van der Waals surface area contributed by atoms with E-state index in [1.807, 2.05) is 0 Å². The number of alkyl halides is 3. The second-order valence-corrected chi connectivity index (χ2v) is 5.65. The number of nitrogens with zero attached hydrogens (tertiary/aromatic N) is 1. The first-order valence-corrected chi connectivity index (χ1v) is 5.85. The summed E-state index contributed by atoms with van der Waals surface area (Å²) in [6.45, 7) is 0. The van der Waals surface area contributed by atoms with E-state index < -0.39 is 11.7 Å². The lowest BCUT2D eigenvalue weighted by molar-refractivity contribution is -0.0688. The van der Waals surface area contributed by atoms with Crippen LogP contribution in [0.2, 0.25) is 0 Å². The number of allylic oxidation sites excluding steroid dienone is 1. The standard InChI is InChI=1S/C10H6Br2F3NO/c11-9(12)8(10(13,14)15)7-3-1-6(2-4-7)5-16-17/h1-5,17H/b16-5+. The van der Waals surface area contributed by atoms with E-state index in [9.17, 15) is 13.2 Å². The summed E-state index contributed by atoms with van der Waals surface area (Å²) in [4.78, 5) is 0. The van der Waals surface area contributed by atoms with E-state index in [1.54, 1.807) is 0 Å². The minimum atomic E-state index is -4.46. The summed E-state index contributed by atoms with van der Waals surface area (Å²) in [6, 6.07) is 5.43. The molecule has 0 bridgehead atoms. The van der Waals surface area contributed by atoms with Gasteiger partial charge in [-0.1, -0.05) is 29.4 Å². The van der Waals surface area contributed by atoms with Crippen LogP contribution in [0.5, 0.6) is 0 Å². The zero-order valence-electron chi connectivity index (χ0n) is 8.17. The molecule has 0 amide bonds. The molecular weight excluding hydrogens is 367 g/mol. The van der Waals surface area contributed by atoms with E-state index in [2.05, 4.69) is 37.0 Å². The molecule has 17 heavy (non-hydrogen) atoms. The fourth-order valence-electron chi connectivity index (χ4n) is 1.18. The first-order chi connectivity index (χ1) is 7.86. The van der Waals surface area contributed by atoms with Gasteiger partial charge in [0.15, 0.2) is 0 Å². The highest BCUT2D eigenvalue weighted by Gasteiger charge is 2.36. The number of rotatable bonds is 2. The Morgan fingerprint density at radius 2 is 1.71 bits per heavy atom. The highest BCUT2D eigenvalue weighted by molar-refractivity contribution is 9.28. The van der Waals surface area contributed by atoms with Crippen molar-refractivity contribution in [3.05, 3.63) is 38.8 Å². The molecule has 0 aromatic heterocycles. The van der Waals surface area contributed by atoms with Crippen LogP contribution < -0.4 is 0 Å². The summed E-state index contributed by atoms with van der Waals surface area (Å²) in [5.41, 5.74) is -0.287. The lowest BCUT2D eigenvalue weighted by atomic mass is 10.1. The molecular formula is C10H6Br2F3NO. The molecule has 0 spiro atoms. The molecule has 0 radical (unpaired) electrons. The largest absolute Gasteiger partial charge is 0.418 e. The normalized spacial score (nSPS) is 11.8. The monoisotopic (exact) mass is 371 g/mol. The number of halogens is 5. The van der Waals surface area contributed by atoms with Crippen LogP contribution in [0.3, 0.4) is 0 Å². The molecule has 0 heterocycles. The Morgan fingerprint density at radius 3 is 2.06 bits per heavy atom. The maximum Gasteiger partial charge on any atom is 0.418 e. The first kappa shape index (κ1) is 14.2. The predicted octanol–water partition coefficient (Wildman–Crippen LogP) is 4.52. The predicted molar refractivity (Wildman–Crippen MR) is 66.7 cm³/mol. The third-order valence-corrected chi connectivity index (χ3v) is 2.67. The number of hydrogen-bond donors (Lipinski definition) is 1.